The number of benzene rings is 2. The summed E-state index contributed by atoms with van der Waals surface area (Å²) in [6.07, 6.45) is 0.594. The Morgan fingerprint density at radius 3 is 2.43 bits per heavy atom. The van der Waals surface area contributed by atoms with Crippen LogP contribution in [0, 0.1) is 6.92 Å². The van der Waals surface area contributed by atoms with Gasteiger partial charge in [-0.15, -0.1) is 0 Å². The van der Waals surface area contributed by atoms with Crippen molar-refractivity contribution in [2.24, 2.45) is 5.10 Å². The molecule has 3 rings (SSSR count). The van der Waals surface area contributed by atoms with Gasteiger partial charge >= 0.3 is 0 Å². The Morgan fingerprint density at radius 1 is 1.10 bits per heavy atom. The van der Waals surface area contributed by atoms with Gasteiger partial charge in [-0.05, 0) is 30.2 Å². The fourth-order valence-electron chi connectivity index (χ4n) is 2.42. The summed E-state index contributed by atoms with van der Waals surface area (Å²) in [4.78, 5) is 12.1. The summed E-state index contributed by atoms with van der Waals surface area (Å²) >= 11 is 5.90. The fourth-order valence-corrected chi connectivity index (χ4v) is 2.55. The van der Waals surface area contributed by atoms with E-state index in [0.29, 0.717) is 11.4 Å². The van der Waals surface area contributed by atoms with Crippen molar-refractivity contribution in [2.45, 2.75) is 19.3 Å². The van der Waals surface area contributed by atoms with Gasteiger partial charge in [0.2, 0.25) is 5.91 Å². The highest BCUT2D eigenvalue weighted by Gasteiger charge is 2.27. The molecule has 0 saturated heterocycles. The van der Waals surface area contributed by atoms with E-state index in [1.165, 1.54) is 5.56 Å². The Labute approximate surface area is 128 Å². The lowest BCUT2D eigenvalue weighted by atomic mass is 9.89. The molecule has 3 nitrogen and oxygen atoms in total. The highest BCUT2D eigenvalue weighted by molar-refractivity contribution is 6.30. The van der Waals surface area contributed by atoms with Crippen LogP contribution in [-0.4, -0.2) is 11.6 Å². The van der Waals surface area contributed by atoms with Crippen LogP contribution in [0.5, 0.6) is 0 Å². The normalized spacial score (nSPS) is 18.1. The van der Waals surface area contributed by atoms with Gasteiger partial charge in [-0.25, -0.2) is 5.43 Å². The van der Waals surface area contributed by atoms with Crippen LogP contribution < -0.4 is 5.43 Å². The minimum Gasteiger partial charge on any atom is -0.272 e. The van der Waals surface area contributed by atoms with E-state index >= 15 is 0 Å². The molecule has 2 aromatic carbocycles. The van der Waals surface area contributed by atoms with Crippen LogP contribution >= 0.6 is 11.6 Å². The molecule has 1 amide bonds. The quantitative estimate of drug-likeness (QED) is 0.903. The van der Waals surface area contributed by atoms with Crippen LogP contribution in [0.15, 0.2) is 53.6 Å². The molecule has 0 fully saturated rings. The molecule has 2 aromatic rings. The Morgan fingerprint density at radius 2 is 1.76 bits per heavy atom. The number of halogens is 1. The average Bonchev–Trinajstić information content (AvgIpc) is 2.50. The Hall–Kier alpha value is -2.13. The molecule has 0 saturated carbocycles. The Balaban J connectivity index is 1.88. The summed E-state index contributed by atoms with van der Waals surface area (Å²) in [6, 6.07) is 15.6. The van der Waals surface area contributed by atoms with Gasteiger partial charge in [0.15, 0.2) is 0 Å². The molecule has 1 aliphatic heterocycles. The molecule has 1 aliphatic rings. The molecule has 106 valence electrons. The minimum absolute atomic E-state index is 0.0758. The fraction of sp³-hybridized carbons (Fsp3) is 0.176. The number of hydrogen-bond donors (Lipinski definition) is 1. The van der Waals surface area contributed by atoms with Gasteiger partial charge in [-0.2, -0.15) is 5.10 Å². The number of hydrogen-bond acceptors (Lipinski definition) is 2. The van der Waals surface area contributed by atoms with E-state index in [1.807, 2.05) is 55.5 Å². The van der Waals surface area contributed by atoms with Crippen LogP contribution in [0.1, 0.15) is 29.0 Å². The number of carbonyl (C=O) groups is 1. The molecule has 4 heteroatoms. The summed E-state index contributed by atoms with van der Waals surface area (Å²) < 4.78 is 0. The average molecular weight is 299 g/mol. The highest BCUT2D eigenvalue weighted by atomic mass is 35.5. The Bertz CT molecular complexity index is 690. The van der Waals surface area contributed by atoms with Crippen molar-refractivity contribution in [1.82, 2.24) is 5.43 Å². The van der Waals surface area contributed by atoms with E-state index in [9.17, 15) is 4.79 Å². The third-order valence-corrected chi connectivity index (χ3v) is 3.92. The third kappa shape index (κ3) is 2.98. The van der Waals surface area contributed by atoms with Crippen molar-refractivity contribution >= 4 is 23.2 Å². The largest absolute Gasteiger partial charge is 0.272 e. The summed E-state index contributed by atoms with van der Waals surface area (Å²) in [5.74, 6) is -0.302. The van der Waals surface area contributed by atoms with Gasteiger partial charge in [0.1, 0.15) is 0 Å². The maximum absolute atomic E-state index is 12.1. The third-order valence-electron chi connectivity index (χ3n) is 3.67. The number of hydrazone groups is 1. The topological polar surface area (TPSA) is 41.5 Å². The second-order valence-corrected chi connectivity index (χ2v) is 5.65. The molecule has 0 aromatic heterocycles. The number of nitrogens with one attached hydrogen (secondary N) is 1. The molecule has 1 heterocycles. The van der Waals surface area contributed by atoms with E-state index in [4.69, 9.17) is 11.6 Å². The van der Waals surface area contributed by atoms with E-state index in [1.54, 1.807) is 0 Å². The van der Waals surface area contributed by atoms with Crippen LogP contribution in [-0.2, 0) is 4.79 Å². The second kappa shape index (κ2) is 5.70. The van der Waals surface area contributed by atoms with E-state index < -0.39 is 0 Å². The smallest absolute Gasteiger partial charge is 0.248 e. The van der Waals surface area contributed by atoms with E-state index in [0.717, 1.165) is 16.8 Å². The molecule has 1 atom stereocenters. The van der Waals surface area contributed by atoms with Crippen molar-refractivity contribution in [3.63, 3.8) is 0 Å². The van der Waals surface area contributed by atoms with Crippen LogP contribution in [0.4, 0.5) is 0 Å². The zero-order valence-electron chi connectivity index (χ0n) is 11.6. The summed E-state index contributed by atoms with van der Waals surface area (Å²) in [5.41, 5.74) is 6.72. The number of carbonyl (C=O) groups excluding carboxylic acids is 1. The van der Waals surface area contributed by atoms with Crippen LogP contribution in [0.3, 0.4) is 0 Å². The first kappa shape index (κ1) is 13.8. The van der Waals surface area contributed by atoms with Crippen molar-refractivity contribution in [3.05, 3.63) is 70.2 Å². The molecule has 0 unspecified atom stereocenters. The summed E-state index contributed by atoms with van der Waals surface area (Å²) in [7, 11) is 0. The van der Waals surface area contributed by atoms with Gasteiger partial charge in [-0.1, -0.05) is 53.6 Å². The molecule has 0 aliphatic carbocycles. The van der Waals surface area contributed by atoms with Crippen molar-refractivity contribution in [1.29, 1.82) is 0 Å². The minimum atomic E-state index is -0.226. The maximum Gasteiger partial charge on any atom is 0.248 e. The predicted molar refractivity (Wildman–Crippen MR) is 84.7 cm³/mol. The van der Waals surface area contributed by atoms with Gasteiger partial charge < -0.3 is 0 Å². The molecule has 1 N–H and O–H groups in total. The molecule has 0 radical (unpaired) electrons. The standard InChI is InChI=1S/C17H15ClN2O/c1-11-2-4-13(5-3-11)16-10-15(17(21)20-19-16)12-6-8-14(18)9-7-12/h2-9,15H,10H2,1H3,(H,20,21)/t15-/m0/s1. The van der Waals surface area contributed by atoms with E-state index in [2.05, 4.69) is 10.5 Å². The second-order valence-electron chi connectivity index (χ2n) is 5.21. The summed E-state index contributed by atoms with van der Waals surface area (Å²) in [6.45, 7) is 2.05. The molecular formula is C17H15ClN2O. The zero-order valence-corrected chi connectivity index (χ0v) is 12.4. The summed E-state index contributed by atoms with van der Waals surface area (Å²) in [5, 5.41) is 4.86. The Kier molecular flexibility index (Phi) is 3.76. The van der Waals surface area contributed by atoms with E-state index in [-0.39, 0.29) is 11.8 Å². The van der Waals surface area contributed by atoms with Crippen LogP contribution in [0.2, 0.25) is 5.02 Å². The van der Waals surface area contributed by atoms with Gasteiger partial charge in [0.05, 0.1) is 11.6 Å². The first-order chi connectivity index (χ1) is 10.1. The van der Waals surface area contributed by atoms with Crippen LogP contribution in [0.25, 0.3) is 0 Å². The maximum atomic E-state index is 12.1. The monoisotopic (exact) mass is 298 g/mol. The molecule has 0 spiro atoms. The molecular weight excluding hydrogens is 284 g/mol. The predicted octanol–water partition coefficient (Wildman–Crippen LogP) is 3.66. The zero-order chi connectivity index (χ0) is 14.8. The lowest BCUT2D eigenvalue weighted by molar-refractivity contribution is -0.122. The van der Waals surface area contributed by atoms with Crippen molar-refractivity contribution in [3.8, 4) is 0 Å². The lowest BCUT2D eigenvalue weighted by Gasteiger charge is -2.22. The number of nitrogens with zero attached hydrogens (tertiary/aromatic N) is 1. The van der Waals surface area contributed by atoms with Gasteiger partial charge in [0.25, 0.3) is 0 Å². The number of rotatable bonds is 2. The first-order valence-electron chi connectivity index (χ1n) is 6.82. The molecule has 0 bridgehead atoms. The highest BCUT2D eigenvalue weighted by Crippen LogP contribution is 2.26. The number of amides is 1. The van der Waals surface area contributed by atoms with Gasteiger partial charge in [-0.3, -0.25) is 4.79 Å². The first-order valence-corrected chi connectivity index (χ1v) is 7.20. The number of aryl methyl sites for hydroxylation is 1. The van der Waals surface area contributed by atoms with Gasteiger partial charge in [0, 0.05) is 11.4 Å². The molecule has 21 heavy (non-hydrogen) atoms. The van der Waals surface area contributed by atoms with Crippen molar-refractivity contribution < 1.29 is 4.79 Å². The lowest BCUT2D eigenvalue weighted by Crippen LogP contribution is -2.33. The SMILES string of the molecule is Cc1ccc(C2=NNC(=O)[C@H](c3ccc(Cl)cc3)C2)cc1. The van der Waals surface area contributed by atoms with Crippen molar-refractivity contribution in [2.75, 3.05) is 0 Å².